The lowest BCUT2D eigenvalue weighted by Crippen LogP contribution is -2.23. The van der Waals surface area contributed by atoms with Gasteiger partial charge in [-0.05, 0) is 29.8 Å². The summed E-state index contributed by atoms with van der Waals surface area (Å²) in [5.74, 6) is 2.06. The third-order valence-electron chi connectivity index (χ3n) is 4.36. The minimum absolute atomic E-state index is 0.0360. The summed E-state index contributed by atoms with van der Waals surface area (Å²) in [6, 6.07) is 17.7. The molecule has 126 valence electrons. The van der Waals surface area contributed by atoms with Gasteiger partial charge in [-0.25, -0.2) is 0 Å². The van der Waals surface area contributed by atoms with E-state index in [0.29, 0.717) is 12.2 Å². The lowest BCUT2D eigenvalue weighted by atomic mass is 9.86. The minimum Gasteiger partial charge on any atom is -0.497 e. The van der Waals surface area contributed by atoms with Crippen molar-refractivity contribution in [2.24, 2.45) is 0 Å². The largest absolute Gasteiger partial charge is 0.497 e. The van der Waals surface area contributed by atoms with Crippen molar-refractivity contribution in [1.82, 2.24) is 10.2 Å². The Balaban J connectivity index is 1.73. The number of carbonyl (C=O) groups is 1. The van der Waals surface area contributed by atoms with Crippen LogP contribution in [-0.4, -0.2) is 23.2 Å². The Bertz CT molecular complexity index is 888. The summed E-state index contributed by atoms with van der Waals surface area (Å²) in [7, 11) is 1.64. The Labute approximate surface area is 145 Å². The van der Waals surface area contributed by atoms with Crippen LogP contribution in [0.25, 0.3) is 0 Å². The number of nitrogens with zero attached hydrogens (tertiary/aromatic N) is 1. The van der Waals surface area contributed by atoms with Gasteiger partial charge in [-0.3, -0.25) is 9.89 Å². The molecule has 2 aromatic carbocycles. The van der Waals surface area contributed by atoms with Gasteiger partial charge in [0.25, 0.3) is 0 Å². The second kappa shape index (κ2) is 6.32. The standard InChI is InChI=1S/C19H18N4O2/c1-25-14-9-7-12(8-10-14)15-11-16(24)21-19-17(15)18(22-23-19)20-13-5-3-2-4-6-13/h2-10,15H,11H2,1H3,(H3,20,21,22,23,24). The van der Waals surface area contributed by atoms with E-state index in [2.05, 4.69) is 20.8 Å². The molecule has 0 spiro atoms. The summed E-state index contributed by atoms with van der Waals surface area (Å²) in [6.45, 7) is 0. The Kier molecular flexibility index (Phi) is 3.85. The summed E-state index contributed by atoms with van der Waals surface area (Å²) in [4.78, 5) is 12.1. The molecule has 3 aromatic rings. The van der Waals surface area contributed by atoms with Gasteiger partial charge < -0.3 is 15.4 Å². The van der Waals surface area contributed by atoms with Crippen LogP contribution in [0.3, 0.4) is 0 Å². The first-order chi connectivity index (χ1) is 12.2. The topological polar surface area (TPSA) is 79.0 Å². The molecule has 1 unspecified atom stereocenters. The van der Waals surface area contributed by atoms with Crippen molar-refractivity contribution in [2.75, 3.05) is 17.7 Å². The number of hydrogen-bond acceptors (Lipinski definition) is 4. The second-order valence-electron chi connectivity index (χ2n) is 5.93. The maximum atomic E-state index is 12.1. The van der Waals surface area contributed by atoms with E-state index in [-0.39, 0.29) is 11.8 Å². The van der Waals surface area contributed by atoms with Crippen LogP contribution >= 0.6 is 0 Å². The molecule has 3 N–H and O–H groups in total. The van der Waals surface area contributed by atoms with E-state index in [4.69, 9.17) is 4.74 Å². The zero-order chi connectivity index (χ0) is 17.2. The number of hydrogen-bond donors (Lipinski definition) is 3. The van der Waals surface area contributed by atoms with Gasteiger partial charge in [0.15, 0.2) is 5.82 Å². The Morgan fingerprint density at radius 1 is 1.12 bits per heavy atom. The number of rotatable bonds is 4. The van der Waals surface area contributed by atoms with Crippen molar-refractivity contribution >= 4 is 23.2 Å². The normalized spacial score (nSPS) is 16.0. The van der Waals surface area contributed by atoms with Gasteiger partial charge in [-0.2, -0.15) is 5.10 Å². The van der Waals surface area contributed by atoms with E-state index < -0.39 is 0 Å². The van der Waals surface area contributed by atoms with Crippen molar-refractivity contribution in [3.63, 3.8) is 0 Å². The molecule has 1 aliphatic heterocycles. The highest BCUT2D eigenvalue weighted by atomic mass is 16.5. The van der Waals surface area contributed by atoms with Crippen LogP contribution < -0.4 is 15.4 Å². The molecule has 25 heavy (non-hydrogen) atoms. The number of anilines is 3. The number of amides is 1. The van der Waals surface area contributed by atoms with Crippen molar-refractivity contribution in [1.29, 1.82) is 0 Å². The Morgan fingerprint density at radius 3 is 2.60 bits per heavy atom. The van der Waals surface area contributed by atoms with Crippen molar-refractivity contribution in [2.45, 2.75) is 12.3 Å². The van der Waals surface area contributed by atoms with Crippen molar-refractivity contribution in [3.05, 3.63) is 65.7 Å². The van der Waals surface area contributed by atoms with Gasteiger partial charge in [0.2, 0.25) is 5.91 Å². The molecule has 1 amide bonds. The lowest BCUT2D eigenvalue weighted by molar-refractivity contribution is -0.116. The highest BCUT2D eigenvalue weighted by Crippen LogP contribution is 2.41. The van der Waals surface area contributed by atoms with Gasteiger partial charge in [-0.1, -0.05) is 30.3 Å². The quantitative estimate of drug-likeness (QED) is 0.681. The molecule has 0 bridgehead atoms. The van der Waals surface area contributed by atoms with Crippen LogP contribution in [0, 0.1) is 0 Å². The number of aromatic nitrogens is 2. The highest BCUT2D eigenvalue weighted by Gasteiger charge is 2.31. The summed E-state index contributed by atoms with van der Waals surface area (Å²) in [6.07, 6.45) is 0.377. The van der Waals surface area contributed by atoms with Crippen LogP contribution in [0.2, 0.25) is 0 Å². The van der Waals surface area contributed by atoms with Crippen LogP contribution in [-0.2, 0) is 4.79 Å². The van der Waals surface area contributed by atoms with Gasteiger partial charge >= 0.3 is 0 Å². The van der Waals surface area contributed by atoms with Gasteiger partial charge in [0, 0.05) is 23.6 Å². The number of methoxy groups -OCH3 is 1. The monoisotopic (exact) mass is 334 g/mol. The molecular formula is C19H18N4O2. The molecule has 6 heteroatoms. The van der Waals surface area contributed by atoms with Crippen LogP contribution in [0.4, 0.5) is 17.3 Å². The summed E-state index contributed by atoms with van der Waals surface area (Å²) >= 11 is 0. The fourth-order valence-corrected chi connectivity index (χ4v) is 3.14. The third-order valence-corrected chi connectivity index (χ3v) is 4.36. The zero-order valence-electron chi connectivity index (χ0n) is 13.7. The van der Waals surface area contributed by atoms with Crippen LogP contribution in [0.15, 0.2) is 54.6 Å². The number of aromatic amines is 1. The van der Waals surface area contributed by atoms with Gasteiger partial charge in [-0.15, -0.1) is 0 Å². The van der Waals surface area contributed by atoms with Crippen molar-refractivity contribution < 1.29 is 9.53 Å². The number of nitrogens with one attached hydrogen (secondary N) is 3. The number of fused-ring (bicyclic) bond motifs is 1. The fraction of sp³-hybridized carbons (Fsp3) is 0.158. The smallest absolute Gasteiger partial charge is 0.226 e. The van der Waals surface area contributed by atoms with Crippen LogP contribution in [0.5, 0.6) is 5.75 Å². The van der Waals surface area contributed by atoms with Crippen LogP contribution in [0.1, 0.15) is 23.5 Å². The van der Waals surface area contributed by atoms with Crippen molar-refractivity contribution in [3.8, 4) is 5.75 Å². The zero-order valence-corrected chi connectivity index (χ0v) is 13.7. The van der Waals surface area contributed by atoms with E-state index >= 15 is 0 Å². The number of benzene rings is 2. The highest BCUT2D eigenvalue weighted by molar-refractivity contribution is 5.95. The average molecular weight is 334 g/mol. The number of H-pyrrole nitrogens is 1. The number of ether oxygens (including phenoxy) is 1. The predicted molar refractivity (Wildman–Crippen MR) is 96.4 cm³/mol. The summed E-state index contributed by atoms with van der Waals surface area (Å²) in [5, 5.41) is 13.5. The van der Waals surface area contributed by atoms with E-state index in [1.54, 1.807) is 7.11 Å². The molecule has 0 radical (unpaired) electrons. The average Bonchev–Trinajstić information content (AvgIpc) is 3.04. The molecule has 6 nitrogen and oxygen atoms in total. The molecule has 0 aliphatic carbocycles. The summed E-state index contributed by atoms with van der Waals surface area (Å²) in [5.41, 5.74) is 2.97. The van der Waals surface area contributed by atoms with E-state index in [1.165, 1.54) is 0 Å². The SMILES string of the molecule is COc1ccc(C2CC(=O)Nc3n[nH]c(Nc4ccccc4)c32)cc1. The van der Waals surface area contributed by atoms with Gasteiger partial charge in [0.05, 0.1) is 7.11 Å². The summed E-state index contributed by atoms with van der Waals surface area (Å²) < 4.78 is 5.22. The van der Waals surface area contributed by atoms with Gasteiger partial charge in [0.1, 0.15) is 11.6 Å². The Morgan fingerprint density at radius 2 is 1.88 bits per heavy atom. The molecule has 4 rings (SSSR count). The van der Waals surface area contributed by atoms with E-state index in [1.807, 2.05) is 54.6 Å². The Hall–Kier alpha value is -3.28. The molecule has 1 atom stereocenters. The molecule has 1 aliphatic rings. The predicted octanol–water partition coefficient (Wildman–Crippen LogP) is 3.64. The minimum atomic E-state index is -0.0698. The third kappa shape index (κ3) is 2.94. The maximum Gasteiger partial charge on any atom is 0.226 e. The fourth-order valence-electron chi connectivity index (χ4n) is 3.14. The maximum absolute atomic E-state index is 12.1. The number of carbonyl (C=O) groups excluding carboxylic acids is 1. The van der Waals surface area contributed by atoms with E-state index in [9.17, 15) is 4.79 Å². The molecule has 2 heterocycles. The molecule has 0 saturated carbocycles. The molecule has 0 fully saturated rings. The molecule has 0 saturated heterocycles. The first-order valence-electron chi connectivity index (χ1n) is 8.08. The molecular weight excluding hydrogens is 316 g/mol. The lowest BCUT2D eigenvalue weighted by Gasteiger charge is -2.23. The molecule has 1 aromatic heterocycles. The first-order valence-corrected chi connectivity index (χ1v) is 8.08. The van der Waals surface area contributed by atoms with E-state index in [0.717, 1.165) is 28.4 Å². The number of para-hydroxylation sites is 1. The first kappa shape index (κ1) is 15.3. The second-order valence-corrected chi connectivity index (χ2v) is 5.93.